The molecule has 0 radical (unpaired) electrons. The van der Waals surface area contributed by atoms with Gasteiger partial charge in [0.2, 0.25) is 5.88 Å². The van der Waals surface area contributed by atoms with E-state index >= 15 is 0 Å². The van der Waals surface area contributed by atoms with Gasteiger partial charge in [-0.05, 0) is 41.5 Å². The summed E-state index contributed by atoms with van der Waals surface area (Å²) in [5.74, 6) is 1.84. The number of rotatable bonds is 5. The quantitative estimate of drug-likeness (QED) is 0.571. The van der Waals surface area contributed by atoms with Gasteiger partial charge in [-0.15, -0.1) is 15.0 Å². The summed E-state index contributed by atoms with van der Waals surface area (Å²) in [5.41, 5.74) is 2.05. The van der Waals surface area contributed by atoms with Gasteiger partial charge < -0.3 is 9.84 Å². The predicted octanol–water partition coefficient (Wildman–Crippen LogP) is 3.88. The molecule has 0 amide bonds. The maximum absolute atomic E-state index is 9.50. The number of hydrogen-bond donors (Lipinski definition) is 1. The summed E-state index contributed by atoms with van der Waals surface area (Å²) in [6.07, 6.45) is 3.15. The fourth-order valence-electron chi connectivity index (χ4n) is 2.91. The Kier molecular flexibility index (Phi) is 4.49. The lowest BCUT2D eigenvalue weighted by Crippen LogP contribution is -2.18. The second-order valence-electron chi connectivity index (χ2n) is 6.85. The van der Waals surface area contributed by atoms with Crippen LogP contribution < -0.4 is 4.74 Å². The second kappa shape index (κ2) is 7.11. The zero-order valence-electron chi connectivity index (χ0n) is 15.5. The molecule has 0 atom stereocenters. The van der Waals surface area contributed by atoms with E-state index in [0.717, 1.165) is 11.1 Å². The van der Waals surface area contributed by atoms with E-state index in [4.69, 9.17) is 4.74 Å². The van der Waals surface area contributed by atoms with Gasteiger partial charge in [0.1, 0.15) is 11.5 Å². The zero-order valence-corrected chi connectivity index (χ0v) is 15.5. The number of aromatic hydroxyl groups is 1. The lowest BCUT2D eigenvalue weighted by Gasteiger charge is -2.26. The van der Waals surface area contributed by atoms with Crippen molar-refractivity contribution in [3.63, 3.8) is 0 Å². The number of benzene rings is 2. The summed E-state index contributed by atoms with van der Waals surface area (Å²) in [6.45, 7) is 4.28. The third kappa shape index (κ3) is 3.55. The van der Waals surface area contributed by atoms with Gasteiger partial charge in [-0.2, -0.15) is 10.2 Å². The third-order valence-electron chi connectivity index (χ3n) is 4.64. The van der Waals surface area contributed by atoms with Crippen molar-refractivity contribution in [2.24, 2.45) is 0 Å². The molecule has 1 N–H and O–H groups in total. The van der Waals surface area contributed by atoms with Gasteiger partial charge in [0.15, 0.2) is 5.82 Å². The standard InChI is InChI=1S/C21H19N5O2/c1-21(2,15-3-7-17(27)8-4-15)16-5-9-18(10-6-16)28-20-12-11-19(24-25-20)26-22-13-14-23-26/h3-14,27H,1-2H3. The Balaban J connectivity index is 1.49. The van der Waals surface area contributed by atoms with Crippen molar-refractivity contribution >= 4 is 0 Å². The molecule has 0 aliphatic carbocycles. The van der Waals surface area contributed by atoms with Crippen LogP contribution in [0.4, 0.5) is 0 Å². The maximum Gasteiger partial charge on any atom is 0.238 e. The summed E-state index contributed by atoms with van der Waals surface area (Å²) in [5, 5.41) is 25.7. The number of phenolic OH excluding ortho intramolecular Hbond substituents is 1. The van der Waals surface area contributed by atoms with E-state index in [9.17, 15) is 5.11 Å². The van der Waals surface area contributed by atoms with Gasteiger partial charge in [0, 0.05) is 11.5 Å². The summed E-state index contributed by atoms with van der Waals surface area (Å²) >= 11 is 0. The summed E-state index contributed by atoms with van der Waals surface area (Å²) in [6, 6.07) is 18.6. The maximum atomic E-state index is 9.50. The highest BCUT2D eigenvalue weighted by atomic mass is 16.5. The van der Waals surface area contributed by atoms with E-state index < -0.39 is 0 Å². The molecule has 0 unspecified atom stereocenters. The lowest BCUT2D eigenvalue weighted by atomic mass is 9.78. The smallest absolute Gasteiger partial charge is 0.238 e. The Bertz CT molecular complexity index is 1040. The first-order valence-electron chi connectivity index (χ1n) is 8.81. The molecule has 0 fully saturated rings. The van der Waals surface area contributed by atoms with Crippen LogP contribution in [0.15, 0.2) is 73.1 Å². The summed E-state index contributed by atoms with van der Waals surface area (Å²) in [7, 11) is 0. The molecule has 0 saturated heterocycles. The van der Waals surface area contributed by atoms with Crippen LogP contribution in [0.25, 0.3) is 5.82 Å². The largest absolute Gasteiger partial charge is 0.508 e. The molecule has 2 aromatic heterocycles. The number of nitrogens with zero attached hydrogens (tertiary/aromatic N) is 5. The fourth-order valence-corrected chi connectivity index (χ4v) is 2.91. The van der Waals surface area contributed by atoms with Crippen LogP contribution in [-0.4, -0.2) is 30.3 Å². The molecule has 4 rings (SSSR count). The molecule has 0 bridgehead atoms. The van der Waals surface area contributed by atoms with Crippen LogP contribution in [0.5, 0.6) is 17.4 Å². The number of hydrogen-bond acceptors (Lipinski definition) is 6. The van der Waals surface area contributed by atoms with Gasteiger partial charge >= 0.3 is 0 Å². The highest BCUT2D eigenvalue weighted by Crippen LogP contribution is 2.33. The average Bonchev–Trinajstić information content (AvgIpc) is 3.24. The highest BCUT2D eigenvalue weighted by molar-refractivity contribution is 5.42. The molecule has 28 heavy (non-hydrogen) atoms. The van der Waals surface area contributed by atoms with Crippen LogP contribution in [-0.2, 0) is 5.41 Å². The fraction of sp³-hybridized carbons (Fsp3) is 0.143. The van der Waals surface area contributed by atoms with E-state index in [2.05, 4.69) is 34.2 Å². The second-order valence-corrected chi connectivity index (χ2v) is 6.85. The van der Waals surface area contributed by atoms with E-state index in [1.807, 2.05) is 36.4 Å². The van der Waals surface area contributed by atoms with Crippen molar-refractivity contribution in [1.29, 1.82) is 0 Å². The SMILES string of the molecule is CC(C)(c1ccc(O)cc1)c1ccc(Oc2ccc(-n3nccn3)nn2)cc1. The monoisotopic (exact) mass is 373 g/mol. The molecular formula is C21H19N5O2. The lowest BCUT2D eigenvalue weighted by molar-refractivity contribution is 0.453. The van der Waals surface area contributed by atoms with Crippen molar-refractivity contribution in [2.75, 3.05) is 0 Å². The Labute approximate surface area is 162 Å². The van der Waals surface area contributed by atoms with E-state index in [-0.39, 0.29) is 11.2 Å². The van der Waals surface area contributed by atoms with Crippen LogP contribution in [0, 0.1) is 0 Å². The van der Waals surface area contributed by atoms with Gasteiger partial charge in [-0.25, -0.2) is 0 Å². The van der Waals surface area contributed by atoms with Crippen LogP contribution in [0.3, 0.4) is 0 Å². The molecule has 2 heterocycles. The molecule has 0 saturated carbocycles. The predicted molar refractivity (Wildman–Crippen MR) is 104 cm³/mol. The first-order chi connectivity index (χ1) is 13.5. The zero-order chi connectivity index (χ0) is 19.6. The Morgan fingerprint density at radius 1 is 0.786 bits per heavy atom. The molecule has 0 aliphatic heterocycles. The normalized spacial score (nSPS) is 11.4. The van der Waals surface area contributed by atoms with Gasteiger partial charge in [-0.3, -0.25) is 0 Å². The number of phenols is 1. The molecule has 2 aromatic carbocycles. The first kappa shape index (κ1) is 17.7. The van der Waals surface area contributed by atoms with Gasteiger partial charge in [0.05, 0.1) is 12.4 Å². The molecule has 7 heteroatoms. The highest BCUT2D eigenvalue weighted by Gasteiger charge is 2.23. The Hall–Kier alpha value is -3.74. The van der Waals surface area contributed by atoms with Crippen molar-refractivity contribution in [3.8, 4) is 23.2 Å². The minimum absolute atomic E-state index is 0.204. The molecule has 4 aromatic rings. The summed E-state index contributed by atoms with van der Waals surface area (Å²) in [4.78, 5) is 1.39. The van der Waals surface area contributed by atoms with Crippen molar-refractivity contribution in [1.82, 2.24) is 25.2 Å². The first-order valence-corrected chi connectivity index (χ1v) is 8.81. The van der Waals surface area contributed by atoms with Crippen molar-refractivity contribution in [3.05, 3.63) is 84.2 Å². The third-order valence-corrected chi connectivity index (χ3v) is 4.64. The molecule has 0 spiro atoms. The van der Waals surface area contributed by atoms with Crippen LogP contribution in [0.1, 0.15) is 25.0 Å². The van der Waals surface area contributed by atoms with E-state index in [0.29, 0.717) is 17.4 Å². The topological polar surface area (TPSA) is 86.0 Å². The minimum atomic E-state index is -0.204. The van der Waals surface area contributed by atoms with Crippen molar-refractivity contribution in [2.45, 2.75) is 19.3 Å². The van der Waals surface area contributed by atoms with Crippen LogP contribution >= 0.6 is 0 Å². The molecule has 7 nitrogen and oxygen atoms in total. The van der Waals surface area contributed by atoms with E-state index in [1.54, 1.807) is 36.7 Å². The minimum Gasteiger partial charge on any atom is -0.508 e. The molecule has 140 valence electrons. The molecule has 0 aliphatic rings. The Morgan fingerprint density at radius 3 is 1.96 bits per heavy atom. The number of ether oxygens (including phenoxy) is 1. The van der Waals surface area contributed by atoms with Gasteiger partial charge in [-0.1, -0.05) is 38.1 Å². The van der Waals surface area contributed by atoms with Crippen LogP contribution in [0.2, 0.25) is 0 Å². The van der Waals surface area contributed by atoms with Crippen molar-refractivity contribution < 1.29 is 9.84 Å². The molecular weight excluding hydrogens is 354 g/mol. The Morgan fingerprint density at radius 2 is 1.39 bits per heavy atom. The van der Waals surface area contributed by atoms with E-state index in [1.165, 1.54) is 4.80 Å². The summed E-state index contributed by atoms with van der Waals surface area (Å²) < 4.78 is 5.78. The average molecular weight is 373 g/mol. The number of aromatic nitrogens is 5. The van der Waals surface area contributed by atoms with Gasteiger partial charge in [0.25, 0.3) is 0 Å².